The van der Waals surface area contributed by atoms with E-state index in [4.69, 9.17) is 11.5 Å². The van der Waals surface area contributed by atoms with E-state index in [9.17, 15) is 4.79 Å². The van der Waals surface area contributed by atoms with E-state index in [1.807, 2.05) is 24.3 Å². The summed E-state index contributed by atoms with van der Waals surface area (Å²) in [6.45, 7) is 0. The fourth-order valence-electron chi connectivity index (χ4n) is 1.71. The minimum atomic E-state index is -0.105. The van der Waals surface area contributed by atoms with Gasteiger partial charge in [-0.15, -0.1) is 0 Å². The fraction of sp³-hybridized carbons (Fsp3) is 0.0625. The van der Waals surface area contributed by atoms with Crippen LogP contribution in [-0.2, 0) is 4.79 Å². The molecule has 4 heteroatoms. The predicted molar refractivity (Wildman–Crippen MR) is 84.2 cm³/mol. The minimum Gasteiger partial charge on any atom is -0.399 e. The Morgan fingerprint density at radius 2 is 1.45 bits per heavy atom. The Bertz CT molecular complexity index is 615. The van der Waals surface area contributed by atoms with Gasteiger partial charge in [-0.1, -0.05) is 12.1 Å². The summed E-state index contributed by atoms with van der Waals surface area (Å²) in [6, 6.07) is 14.5. The van der Waals surface area contributed by atoms with Crippen molar-refractivity contribution < 1.29 is 4.79 Å². The highest BCUT2D eigenvalue weighted by molar-refractivity contribution is 6.03. The topological polar surface area (TPSA) is 72.3 Å². The lowest BCUT2D eigenvalue weighted by atomic mass is 10.2. The molecule has 0 bridgehead atoms. The van der Waals surface area contributed by atoms with Gasteiger partial charge in [0.25, 0.3) is 5.91 Å². The van der Waals surface area contributed by atoms with E-state index in [2.05, 4.69) is 0 Å². The Kier molecular flexibility index (Phi) is 4.05. The van der Waals surface area contributed by atoms with Crippen LogP contribution in [0.1, 0.15) is 5.56 Å². The Morgan fingerprint density at radius 3 is 2.00 bits per heavy atom. The summed E-state index contributed by atoms with van der Waals surface area (Å²) in [6.07, 6.45) is 3.29. The van der Waals surface area contributed by atoms with Crippen LogP contribution in [0.5, 0.6) is 0 Å². The van der Waals surface area contributed by atoms with Crippen LogP contribution in [0.2, 0.25) is 0 Å². The van der Waals surface area contributed by atoms with Crippen molar-refractivity contribution in [2.45, 2.75) is 0 Å². The zero-order valence-electron chi connectivity index (χ0n) is 11.3. The highest BCUT2D eigenvalue weighted by atomic mass is 16.2. The van der Waals surface area contributed by atoms with E-state index < -0.39 is 0 Å². The minimum absolute atomic E-state index is 0.105. The summed E-state index contributed by atoms with van der Waals surface area (Å²) in [4.78, 5) is 13.6. The Morgan fingerprint density at radius 1 is 0.950 bits per heavy atom. The summed E-state index contributed by atoms with van der Waals surface area (Å²) < 4.78 is 0. The molecule has 1 amide bonds. The third-order valence-electron chi connectivity index (χ3n) is 2.97. The zero-order chi connectivity index (χ0) is 14.5. The van der Waals surface area contributed by atoms with E-state index in [0.717, 1.165) is 11.3 Å². The summed E-state index contributed by atoms with van der Waals surface area (Å²) in [5.74, 6) is -0.105. The monoisotopic (exact) mass is 267 g/mol. The van der Waals surface area contributed by atoms with Gasteiger partial charge in [0, 0.05) is 30.2 Å². The largest absolute Gasteiger partial charge is 0.399 e. The number of amides is 1. The highest BCUT2D eigenvalue weighted by Crippen LogP contribution is 2.15. The molecule has 0 fully saturated rings. The van der Waals surface area contributed by atoms with Gasteiger partial charge in [0.15, 0.2) is 0 Å². The van der Waals surface area contributed by atoms with Crippen LogP contribution in [0.4, 0.5) is 17.1 Å². The average Bonchev–Trinajstić information content (AvgIpc) is 2.46. The molecule has 0 aromatic heterocycles. The molecule has 4 nitrogen and oxygen atoms in total. The SMILES string of the molecule is CN(C(=O)C=Cc1ccc(N)cc1)c1ccc(N)cc1. The fourth-order valence-corrected chi connectivity index (χ4v) is 1.71. The number of rotatable bonds is 3. The Balaban J connectivity index is 2.07. The summed E-state index contributed by atoms with van der Waals surface area (Å²) >= 11 is 0. The Hall–Kier alpha value is -2.75. The maximum atomic E-state index is 12.1. The van der Waals surface area contributed by atoms with Crippen LogP contribution in [0.15, 0.2) is 54.6 Å². The number of anilines is 3. The van der Waals surface area contributed by atoms with Crippen LogP contribution < -0.4 is 16.4 Å². The zero-order valence-corrected chi connectivity index (χ0v) is 11.3. The number of benzene rings is 2. The molecule has 0 saturated carbocycles. The lowest BCUT2D eigenvalue weighted by Crippen LogP contribution is -2.23. The lowest BCUT2D eigenvalue weighted by molar-refractivity contribution is -0.113. The molecule has 0 atom stereocenters. The van der Waals surface area contributed by atoms with Crippen molar-refractivity contribution >= 4 is 29.0 Å². The van der Waals surface area contributed by atoms with E-state index in [0.29, 0.717) is 11.4 Å². The normalized spacial score (nSPS) is 10.7. The van der Waals surface area contributed by atoms with Crippen molar-refractivity contribution in [3.8, 4) is 0 Å². The molecule has 0 aliphatic carbocycles. The second-order valence-corrected chi connectivity index (χ2v) is 4.49. The molecule has 0 heterocycles. The van der Waals surface area contributed by atoms with Crippen LogP contribution in [0.3, 0.4) is 0 Å². The van der Waals surface area contributed by atoms with Crippen molar-refractivity contribution in [3.05, 3.63) is 60.2 Å². The number of hydrogen-bond donors (Lipinski definition) is 2. The van der Waals surface area contributed by atoms with Crippen LogP contribution in [0, 0.1) is 0 Å². The van der Waals surface area contributed by atoms with E-state index in [1.54, 1.807) is 42.3 Å². The summed E-state index contributed by atoms with van der Waals surface area (Å²) in [5.41, 5.74) is 14.3. The molecular formula is C16H17N3O. The number of hydrogen-bond acceptors (Lipinski definition) is 3. The third kappa shape index (κ3) is 3.38. The van der Waals surface area contributed by atoms with Crippen LogP contribution in [0.25, 0.3) is 6.08 Å². The van der Waals surface area contributed by atoms with Crippen molar-refractivity contribution in [1.82, 2.24) is 0 Å². The smallest absolute Gasteiger partial charge is 0.250 e. The molecule has 102 valence electrons. The van der Waals surface area contributed by atoms with Crippen LogP contribution in [-0.4, -0.2) is 13.0 Å². The van der Waals surface area contributed by atoms with Gasteiger partial charge in [-0.25, -0.2) is 0 Å². The van der Waals surface area contributed by atoms with Gasteiger partial charge in [0.2, 0.25) is 0 Å². The van der Waals surface area contributed by atoms with Gasteiger partial charge in [-0.05, 0) is 48.0 Å². The first kappa shape index (κ1) is 13.7. The molecule has 0 spiro atoms. The van der Waals surface area contributed by atoms with Gasteiger partial charge in [-0.3, -0.25) is 4.79 Å². The molecule has 4 N–H and O–H groups in total. The Labute approximate surface area is 118 Å². The lowest BCUT2D eigenvalue weighted by Gasteiger charge is -2.15. The number of carbonyl (C=O) groups is 1. The molecule has 0 unspecified atom stereocenters. The molecule has 0 aliphatic rings. The first-order chi connectivity index (χ1) is 9.56. The first-order valence-corrected chi connectivity index (χ1v) is 6.23. The molecule has 0 saturated heterocycles. The van der Waals surface area contributed by atoms with Gasteiger partial charge in [-0.2, -0.15) is 0 Å². The summed E-state index contributed by atoms with van der Waals surface area (Å²) in [7, 11) is 1.72. The van der Waals surface area contributed by atoms with Crippen molar-refractivity contribution in [1.29, 1.82) is 0 Å². The molecule has 0 radical (unpaired) electrons. The van der Waals surface area contributed by atoms with Crippen LogP contribution >= 0.6 is 0 Å². The molecule has 2 rings (SSSR count). The average molecular weight is 267 g/mol. The molecule has 2 aromatic rings. The number of nitrogens with two attached hydrogens (primary N) is 2. The predicted octanol–water partition coefficient (Wildman–Crippen LogP) is 2.53. The number of nitrogens with zero attached hydrogens (tertiary/aromatic N) is 1. The van der Waals surface area contributed by atoms with Crippen molar-refractivity contribution in [2.75, 3.05) is 23.4 Å². The number of carbonyl (C=O) groups excluding carboxylic acids is 1. The maximum Gasteiger partial charge on any atom is 0.250 e. The number of nitrogen functional groups attached to an aromatic ring is 2. The molecule has 2 aromatic carbocycles. The first-order valence-electron chi connectivity index (χ1n) is 6.23. The van der Waals surface area contributed by atoms with Crippen molar-refractivity contribution in [2.24, 2.45) is 0 Å². The van der Waals surface area contributed by atoms with Gasteiger partial charge < -0.3 is 16.4 Å². The highest BCUT2D eigenvalue weighted by Gasteiger charge is 2.06. The number of likely N-dealkylation sites (N-methyl/N-ethyl adjacent to an activating group) is 1. The molecule has 0 aliphatic heterocycles. The van der Waals surface area contributed by atoms with E-state index in [1.165, 1.54) is 6.08 Å². The van der Waals surface area contributed by atoms with Gasteiger partial charge in [0.1, 0.15) is 0 Å². The van der Waals surface area contributed by atoms with Gasteiger partial charge >= 0.3 is 0 Å². The quantitative estimate of drug-likeness (QED) is 0.663. The molecule has 20 heavy (non-hydrogen) atoms. The van der Waals surface area contributed by atoms with Crippen molar-refractivity contribution in [3.63, 3.8) is 0 Å². The summed E-state index contributed by atoms with van der Waals surface area (Å²) in [5, 5.41) is 0. The van der Waals surface area contributed by atoms with Gasteiger partial charge in [0.05, 0.1) is 0 Å². The third-order valence-corrected chi connectivity index (χ3v) is 2.97. The second kappa shape index (κ2) is 5.93. The second-order valence-electron chi connectivity index (χ2n) is 4.49. The standard InChI is InChI=1S/C16H17N3O/c1-19(15-9-7-14(18)8-10-15)16(20)11-4-12-2-5-13(17)6-3-12/h2-11H,17-18H2,1H3. The van der Waals surface area contributed by atoms with E-state index >= 15 is 0 Å². The maximum absolute atomic E-state index is 12.1. The van der Waals surface area contributed by atoms with E-state index in [-0.39, 0.29) is 5.91 Å². The molecular weight excluding hydrogens is 250 g/mol.